The van der Waals surface area contributed by atoms with Gasteiger partial charge >= 0.3 is 0 Å². The molecule has 2 heterocycles. The second-order valence-corrected chi connectivity index (χ2v) is 5.19. The lowest BCUT2D eigenvalue weighted by molar-refractivity contribution is 0.873. The van der Waals surface area contributed by atoms with Gasteiger partial charge < -0.3 is 0 Å². The second-order valence-electron chi connectivity index (χ2n) is 4.78. The number of rotatable bonds is 1. The minimum atomic E-state index is 0.506. The molecule has 21 heavy (non-hydrogen) atoms. The van der Waals surface area contributed by atoms with Crippen molar-refractivity contribution in [2.75, 3.05) is 0 Å². The van der Waals surface area contributed by atoms with Crippen molar-refractivity contribution < 1.29 is 0 Å². The summed E-state index contributed by atoms with van der Waals surface area (Å²) in [6.45, 7) is 0.506. The number of fused-ring (bicyclic) bond motifs is 3. The van der Waals surface area contributed by atoms with Crippen LogP contribution in [0.3, 0.4) is 0 Å². The minimum absolute atomic E-state index is 0.506. The van der Waals surface area contributed by atoms with Crippen LogP contribution in [0.15, 0.2) is 53.5 Å². The summed E-state index contributed by atoms with van der Waals surface area (Å²) in [6, 6.07) is 15.7. The highest BCUT2D eigenvalue weighted by Gasteiger charge is 2.20. The van der Waals surface area contributed by atoms with Crippen molar-refractivity contribution in [3.05, 3.63) is 64.9 Å². The summed E-state index contributed by atoms with van der Waals surface area (Å²) in [4.78, 5) is 4.40. The number of hydrogen-bond donors (Lipinski definition) is 0. The molecule has 4 nitrogen and oxygen atoms in total. The molecule has 1 aliphatic heterocycles. The zero-order valence-electron chi connectivity index (χ0n) is 11.1. The lowest BCUT2D eigenvalue weighted by atomic mass is 10.1. The van der Waals surface area contributed by atoms with Gasteiger partial charge in [0.1, 0.15) is 0 Å². The highest BCUT2D eigenvalue weighted by atomic mass is 35.5. The fourth-order valence-corrected chi connectivity index (χ4v) is 2.74. The van der Waals surface area contributed by atoms with Gasteiger partial charge in [0, 0.05) is 17.3 Å². The zero-order valence-corrected chi connectivity index (χ0v) is 11.8. The van der Waals surface area contributed by atoms with Crippen LogP contribution in [0.4, 0.5) is 0 Å². The molecule has 0 radical (unpaired) electrons. The molecular formula is C16H11ClN4. The second kappa shape index (κ2) is 4.82. The maximum atomic E-state index is 6.31. The van der Waals surface area contributed by atoms with Gasteiger partial charge in [0.25, 0.3) is 0 Å². The molecule has 0 amide bonds. The van der Waals surface area contributed by atoms with E-state index in [1.54, 1.807) is 0 Å². The third-order valence-electron chi connectivity index (χ3n) is 3.49. The van der Waals surface area contributed by atoms with Gasteiger partial charge in [0.05, 0.1) is 17.3 Å². The number of aliphatic imine (C=N–C) groups is 1. The fourth-order valence-electron chi connectivity index (χ4n) is 2.52. The van der Waals surface area contributed by atoms with E-state index >= 15 is 0 Å². The van der Waals surface area contributed by atoms with Crippen molar-refractivity contribution >= 4 is 17.8 Å². The van der Waals surface area contributed by atoms with Crippen LogP contribution in [0.2, 0.25) is 5.02 Å². The van der Waals surface area contributed by atoms with Gasteiger partial charge in [-0.1, -0.05) is 41.9 Å². The summed E-state index contributed by atoms with van der Waals surface area (Å²) in [5.41, 5.74) is 2.94. The van der Waals surface area contributed by atoms with E-state index in [1.807, 2.05) is 59.3 Å². The Hall–Kier alpha value is -2.46. The molecule has 4 rings (SSSR count). The maximum Gasteiger partial charge on any atom is 0.170 e. The summed E-state index contributed by atoms with van der Waals surface area (Å²) in [6.07, 6.45) is 1.88. The van der Waals surface area contributed by atoms with Gasteiger partial charge in [0.15, 0.2) is 11.6 Å². The van der Waals surface area contributed by atoms with E-state index in [2.05, 4.69) is 15.2 Å². The van der Waals surface area contributed by atoms with Crippen LogP contribution < -0.4 is 0 Å². The molecule has 0 bridgehead atoms. The highest BCUT2D eigenvalue weighted by molar-refractivity contribution is 6.33. The Morgan fingerprint density at radius 3 is 2.67 bits per heavy atom. The molecule has 0 fully saturated rings. The highest BCUT2D eigenvalue weighted by Crippen LogP contribution is 2.30. The Bertz CT molecular complexity index is 851. The average Bonchev–Trinajstić information content (AvgIpc) is 2.83. The van der Waals surface area contributed by atoms with E-state index in [4.69, 9.17) is 11.6 Å². The molecule has 3 aromatic rings. The molecule has 1 aliphatic rings. The van der Waals surface area contributed by atoms with Gasteiger partial charge in [-0.25, -0.2) is 0 Å². The largest absolute Gasteiger partial charge is 0.284 e. The Kier molecular flexibility index (Phi) is 2.82. The Morgan fingerprint density at radius 2 is 1.76 bits per heavy atom. The molecular weight excluding hydrogens is 284 g/mol. The van der Waals surface area contributed by atoms with Crippen LogP contribution >= 0.6 is 11.6 Å². The van der Waals surface area contributed by atoms with Crippen molar-refractivity contribution in [1.82, 2.24) is 14.8 Å². The van der Waals surface area contributed by atoms with Gasteiger partial charge in [0.2, 0.25) is 0 Å². The molecule has 0 spiro atoms. The molecule has 102 valence electrons. The lowest BCUT2D eigenvalue weighted by Gasteiger charge is -2.11. The Balaban J connectivity index is 2.02. The van der Waals surface area contributed by atoms with Gasteiger partial charge in [-0.05, 0) is 18.2 Å². The topological polar surface area (TPSA) is 43.1 Å². The van der Waals surface area contributed by atoms with E-state index in [1.165, 1.54) is 0 Å². The van der Waals surface area contributed by atoms with Gasteiger partial charge in [-0.15, -0.1) is 10.2 Å². The first-order valence-electron chi connectivity index (χ1n) is 6.63. The molecule has 1 aromatic heterocycles. The van der Waals surface area contributed by atoms with Crippen LogP contribution in [-0.2, 0) is 6.54 Å². The number of halogens is 1. The maximum absolute atomic E-state index is 6.31. The zero-order chi connectivity index (χ0) is 14.2. The third kappa shape index (κ3) is 1.96. The summed E-state index contributed by atoms with van der Waals surface area (Å²) in [5, 5.41) is 9.26. The average molecular weight is 295 g/mol. The Morgan fingerprint density at radius 1 is 0.952 bits per heavy atom. The molecule has 0 N–H and O–H groups in total. The first-order chi connectivity index (χ1) is 10.3. The van der Waals surface area contributed by atoms with Crippen molar-refractivity contribution in [2.24, 2.45) is 4.99 Å². The smallest absolute Gasteiger partial charge is 0.170 e. The monoisotopic (exact) mass is 294 g/mol. The first kappa shape index (κ1) is 12.3. The van der Waals surface area contributed by atoms with E-state index in [0.717, 1.165) is 28.5 Å². The molecule has 0 unspecified atom stereocenters. The summed E-state index contributed by atoms with van der Waals surface area (Å²) < 4.78 is 2.03. The van der Waals surface area contributed by atoms with Crippen molar-refractivity contribution in [1.29, 1.82) is 0 Å². The summed E-state index contributed by atoms with van der Waals surface area (Å²) in [7, 11) is 0. The van der Waals surface area contributed by atoms with Crippen LogP contribution in [0, 0.1) is 0 Å². The molecule has 0 saturated heterocycles. The quantitative estimate of drug-likeness (QED) is 0.689. The van der Waals surface area contributed by atoms with E-state index in [9.17, 15) is 0 Å². The minimum Gasteiger partial charge on any atom is -0.284 e. The predicted molar refractivity (Wildman–Crippen MR) is 83.1 cm³/mol. The van der Waals surface area contributed by atoms with Crippen molar-refractivity contribution in [3.63, 3.8) is 0 Å². The molecule has 5 heteroatoms. The van der Waals surface area contributed by atoms with E-state index < -0.39 is 0 Å². The molecule has 0 aliphatic carbocycles. The van der Waals surface area contributed by atoms with Crippen molar-refractivity contribution in [3.8, 4) is 17.1 Å². The number of nitrogens with zero attached hydrogens (tertiary/aromatic N) is 4. The number of aromatic nitrogens is 3. The van der Waals surface area contributed by atoms with E-state index in [-0.39, 0.29) is 0 Å². The molecule has 2 aromatic carbocycles. The predicted octanol–water partition coefficient (Wildman–Crippen LogP) is 3.52. The number of benzene rings is 2. The standard InChI is InChI=1S/C16H11ClN4/c17-13-7-3-2-6-12(13)16-20-19-15-10-18-9-11-5-1-4-8-14(11)21(15)16/h1-9H,10H2. The van der Waals surface area contributed by atoms with Gasteiger partial charge in [-0.2, -0.15) is 0 Å². The first-order valence-corrected chi connectivity index (χ1v) is 7.01. The SMILES string of the molecule is Clc1ccccc1-c1nnc2n1-c1ccccc1C=NC2. The fraction of sp³-hybridized carbons (Fsp3) is 0.0625. The van der Waals surface area contributed by atoms with Crippen molar-refractivity contribution in [2.45, 2.75) is 6.54 Å². The number of para-hydroxylation sites is 1. The third-order valence-corrected chi connectivity index (χ3v) is 3.82. The lowest BCUT2D eigenvalue weighted by Crippen LogP contribution is -2.03. The van der Waals surface area contributed by atoms with Crippen LogP contribution in [0.25, 0.3) is 17.1 Å². The number of hydrogen-bond acceptors (Lipinski definition) is 3. The summed E-state index contributed by atoms with van der Waals surface area (Å²) >= 11 is 6.31. The normalized spacial score (nSPS) is 12.6. The molecule has 0 saturated carbocycles. The Labute approximate surface area is 126 Å². The van der Waals surface area contributed by atoms with Crippen LogP contribution in [0.1, 0.15) is 11.4 Å². The van der Waals surface area contributed by atoms with Crippen LogP contribution in [-0.4, -0.2) is 21.0 Å². The molecule has 0 atom stereocenters. The van der Waals surface area contributed by atoms with E-state index in [0.29, 0.717) is 11.6 Å². The van der Waals surface area contributed by atoms with Crippen LogP contribution in [0.5, 0.6) is 0 Å². The van der Waals surface area contributed by atoms with Gasteiger partial charge in [-0.3, -0.25) is 9.56 Å². The summed E-state index contributed by atoms with van der Waals surface area (Å²) in [5.74, 6) is 1.56.